The number of rotatable bonds is 1. The standard InChI is InChI=1S/C9H8F2O2S/c10-7-2-3-8-6(5-7)1-4-9(8)14(11,12)13/h2-3,5,9H,1,4H2. The van der Waals surface area contributed by atoms with Crippen molar-refractivity contribution in [2.45, 2.75) is 18.1 Å². The fourth-order valence-electron chi connectivity index (χ4n) is 1.84. The van der Waals surface area contributed by atoms with Crippen molar-refractivity contribution in [3.8, 4) is 0 Å². The van der Waals surface area contributed by atoms with Crippen molar-refractivity contribution in [2.75, 3.05) is 0 Å². The van der Waals surface area contributed by atoms with Crippen molar-refractivity contribution in [3.63, 3.8) is 0 Å². The summed E-state index contributed by atoms with van der Waals surface area (Å²) >= 11 is 0. The average molecular weight is 218 g/mol. The first-order valence-corrected chi connectivity index (χ1v) is 5.65. The third-order valence-electron chi connectivity index (χ3n) is 2.47. The van der Waals surface area contributed by atoms with Gasteiger partial charge < -0.3 is 0 Å². The predicted octanol–water partition coefficient (Wildman–Crippen LogP) is 2.11. The Bertz CT molecular complexity index is 468. The lowest BCUT2D eigenvalue weighted by Crippen LogP contribution is -2.04. The molecule has 1 atom stereocenters. The van der Waals surface area contributed by atoms with Gasteiger partial charge in [0.2, 0.25) is 0 Å². The Morgan fingerprint density at radius 3 is 2.71 bits per heavy atom. The van der Waals surface area contributed by atoms with Gasteiger partial charge in [-0.15, -0.1) is 3.89 Å². The molecule has 0 aliphatic heterocycles. The molecule has 1 aliphatic rings. The highest BCUT2D eigenvalue weighted by Crippen LogP contribution is 2.37. The van der Waals surface area contributed by atoms with Gasteiger partial charge >= 0.3 is 10.2 Å². The Labute approximate surface area is 80.8 Å². The molecule has 0 saturated heterocycles. The van der Waals surface area contributed by atoms with E-state index in [4.69, 9.17) is 0 Å². The van der Waals surface area contributed by atoms with E-state index in [0.717, 1.165) is 6.07 Å². The van der Waals surface area contributed by atoms with E-state index < -0.39 is 21.3 Å². The van der Waals surface area contributed by atoms with Crippen LogP contribution in [0, 0.1) is 5.82 Å². The molecule has 0 aromatic heterocycles. The second-order valence-electron chi connectivity index (χ2n) is 3.35. The molecular formula is C9H8F2O2S. The van der Waals surface area contributed by atoms with E-state index in [1.165, 1.54) is 12.1 Å². The Morgan fingerprint density at radius 1 is 1.36 bits per heavy atom. The van der Waals surface area contributed by atoms with Crippen LogP contribution in [0.2, 0.25) is 0 Å². The molecule has 0 spiro atoms. The predicted molar refractivity (Wildman–Crippen MR) is 47.5 cm³/mol. The fraction of sp³-hybridized carbons (Fsp3) is 0.333. The molecule has 0 fully saturated rings. The van der Waals surface area contributed by atoms with Gasteiger partial charge in [-0.25, -0.2) is 4.39 Å². The maximum Gasteiger partial charge on any atom is 0.309 e. The highest BCUT2D eigenvalue weighted by atomic mass is 32.3. The number of aryl methyl sites for hydroxylation is 1. The summed E-state index contributed by atoms with van der Waals surface area (Å²) < 4.78 is 46.9. The Morgan fingerprint density at radius 2 is 2.07 bits per heavy atom. The molecule has 0 N–H and O–H groups in total. The number of fused-ring (bicyclic) bond motifs is 1. The summed E-state index contributed by atoms with van der Waals surface area (Å²) in [7, 11) is -4.55. The quantitative estimate of drug-likeness (QED) is 0.676. The van der Waals surface area contributed by atoms with Crippen molar-refractivity contribution >= 4 is 10.2 Å². The molecule has 0 radical (unpaired) electrons. The molecule has 1 aromatic carbocycles. The van der Waals surface area contributed by atoms with Crippen LogP contribution < -0.4 is 0 Å². The number of halogens is 2. The zero-order valence-electron chi connectivity index (χ0n) is 7.20. The topological polar surface area (TPSA) is 34.1 Å². The van der Waals surface area contributed by atoms with Crippen molar-refractivity contribution in [1.82, 2.24) is 0 Å². The highest BCUT2D eigenvalue weighted by molar-refractivity contribution is 7.86. The Hall–Kier alpha value is -0.970. The van der Waals surface area contributed by atoms with E-state index in [0.29, 0.717) is 17.5 Å². The summed E-state index contributed by atoms with van der Waals surface area (Å²) in [4.78, 5) is 0. The average Bonchev–Trinajstić information content (AvgIpc) is 2.45. The summed E-state index contributed by atoms with van der Waals surface area (Å²) in [5.41, 5.74) is 0.991. The van der Waals surface area contributed by atoms with Crippen LogP contribution in [0.15, 0.2) is 18.2 Å². The third kappa shape index (κ3) is 1.52. The van der Waals surface area contributed by atoms with E-state index in [9.17, 15) is 16.7 Å². The van der Waals surface area contributed by atoms with E-state index >= 15 is 0 Å². The molecule has 0 saturated carbocycles. The Balaban J connectivity index is 2.51. The minimum atomic E-state index is -4.55. The van der Waals surface area contributed by atoms with Crippen LogP contribution in [0.3, 0.4) is 0 Å². The van der Waals surface area contributed by atoms with Crippen LogP contribution in [-0.2, 0) is 16.6 Å². The van der Waals surface area contributed by atoms with Gasteiger partial charge in [-0.1, -0.05) is 6.07 Å². The van der Waals surface area contributed by atoms with Crippen LogP contribution in [0.1, 0.15) is 22.8 Å². The second kappa shape index (κ2) is 3.02. The smallest absolute Gasteiger partial charge is 0.207 e. The molecule has 0 heterocycles. The lowest BCUT2D eigenvalue weighted by molar-refractivity contribution is 0.535. The van der Waals surface area contributed by atoms with E-state index in [-0.39, 0.29) is 6.42 Å². The van der Waals surface area contributed by atoms with Crippen LogP contribution >= 0.6 is 0 Å². The van der Waals surface area contributed by atoms with Gasteiger partial charge in [0, 0.05) is 0 Å². The SMILES string of the molecule is O=S(=O)(F)C1CCc2cc(F)ccc21. The molecule has 1 unspecified atom stereocenters. The Kier molecular flexibility index (Phi) is 2.06. The number of hydrogen-bond acceptors (Lipinski definition) is 2. The van der Waals surface area contributed by atoms with Crippen LogP contribution in [0.4, 0.5) is 8.28 Å². The van der Waals surface area contributed by atoms with Crippen LogP contribution in [0.5, 0.6) is 0 Å². The first kappa shape index (κ1) is 9.58. The first-order chi connectivity index (χ1) is 6.48. The normalized spacial score (nSPS) is 20.9. The molecule has 5 heteroatoms. The van der Waals surface area contributed by atoms with Gasteiger partial charge in [0.1, 0.15) is 11.1 Å². The molecule has 14 heavy (non-hydrogen) atoms. The third-order valence-corrected chi connectivity index (χ3v) is 3.64. The van der Waals surface area contributed by atoms with Crippen LogP contribution in [-0.4, -0.2) is 8.42 Å². The molecule has 1 aromatic rings. The summed E-state index contributed by atoms with van der Waals surface area (Å²) in [5.74, 6) is -0.416. The van der Waals surface area contributed by atoms with E-state index in [1.807, 2.05) is 0 Å². The van der Waals surface area contributed by atoms with Gasteiger partial charge in [0.05, 0.1) is 0 Å². The highest BCUT2D eigenvalue weighted by Gasteiger charge is 2.33. The van der Waals surface area contributed by atoms with Crippen molar-refractivity contribution in [2.24, 2.45) is 0 Å². The first-order valence-electron chi connectivity index (χ1n) is 4.20. The van der Waals surface area contributed by atoms with Crippen molar-refractivity contribution in [3.05, 3.63) is 35.1 Å². The molecule has 76 valence electrons. The molecule has 1 aliphatic carbocycles. The number of hydrogen-bond donors (Lipinski definition) is 0. The second-order valence-corrected chi connectivity index (χ2v) is 4.87. The molecule has 2 nitrogen and oxygen atoms in total. The zero-order chi connectivity index (χ0) is 10.3. The van der Waals surface area contributed by atoms with Crippen molar-refractivity contribution < 1.29 is 16.7 Å². The number of benzene rings is 1. The zero-order valence-corrected chi connectivity index (χ0v) is 8.02. The molecule has 0 bridgehead atoms. The van der Waals surface area contributed by atoms with Crippen molar-refractivity contribution in [1.29, 1.82) is 0 Å². The largest absolute Gasteiger partial charge is 0.309 e. The summed E-state index contributed by atoms with van der Waals surface area (Å²) in [6.45, 7) is 0. The minimum Gasteiger partial charge on any atom is -0.207 e. The van der Waals surface area contributed by atoms with Gasteiger partial charge in [-0.3, -0.25) is 0 Å². The monoisotopic (exact) mass is 218 g/mol. The fourth-order valence-corrected chi connectivity index (χ4v) is 2.77. The maximum atomic E-state index is 12.8. The summed E-state index contributed by atoms with van der Waals surface area (Å²) in [5, 5.41) is -1.10. The maximum absolute atomic E-state index is 12.8. The van der Waals surface area contributed by atoms with Gasteiger partial charge in [-0.05, 0) is 36.1 Å². The lowest BCUT2D eigenvalue weighted by atomic mass is 10.1. The van der Waals surface area contributed by atoms with Gasteiger partial charge in [0.25, 0.3) is 0 Å². The van der Waals surface area contributed by atoms with E-state index in [2.05, 4.69) is 0 Å². The van der Waals surface area contributed by atoms with E-state index in [1.54, 1.807) is 0 Å². The molecule has 2 rings (SSSR count). The van der Waals surface area contributed by atoms with Gasteiger partial charge in [-0.2, -0.15) is 8.42 Å². The van der Waals surface area contributed by atoms with Crippen LogP contribution in [0.25, 0.3) is 0 Å². The molecular weight excluding hydrogens is 210 g/mol. The summed E-state index contributed by atoms with van der Waals surface area (Å²) in [6, 6.07) is 3.77. The lowest BCUT2D eigenvalue weighted by Gasteiger charge is -2.05. The summed E-state index contributed by atoms with van der Waals surface area (Å²) in [6.07, 6.45) is 0.624. The molecule has 0 amide bonds. The minimum absolute atomic E-state index is 0.206. The van der Waals surface area contributed by atoms with Gasteiger partial charge in [0.15, 0.2) is 0 Å².